The fourth-order valence-electron chi connectivity index (χ4n) is 1.75. The van der Waals surface area contributed by atoms with Gasteiger partial charge in [-0.1, -0.05) is 35.0 Å². The van der Waals surface area contributed by atoms with E-state index in [-0.39, 0.29) is 0 Å². The molecule has 17 heavy (non-hydrogen) atoms. The minimum Gasteiger partial charge on any atom is -0.380 e. The molecule has 0 saturated carbocycles. The number of rotatable bonds is 8. The molecule has 0 fully saturated rings. The standard InChI is InChI=1S/C14H22BrNO/c1-3-8-16-14(11-17-4-2)10-12-6-5-7-13(15)9-12/h5-7,9,14,16H,3-4,8,10-11H2,1-2H3. The second-order valence-electron chi connectivity index (χ2n) is 4.14. The summed E-state index contributed by atoms with van der Waals surface area (Å²) in [7, 11) is 0. The summed E-state index contributed by atoms with van der Waals surface area (Å²) < 4.78 is 6.66. The van der Waals surface area contributed by atoms with E-state index in [2.05, 4.69) is 52.4 Å². The van der Waals surface area contributed by atoms with Crippen molar-refractivity contribution in [2.24, 2.45) is 0 Å². The predicted octanol–water partition coefficient (Wildman–Crippen LogP) is 3.40. The maximum atomic E-state index is 5.52. The molecule has 0 aliphatic heterocycles. The lowest BCUT2D eigenvalue weighted by molar-refractivity contribution is 0.122. The molecule has 1 unspecified atom stereocenters. The van der Waals surface area contributed by atoms with Crippen molar-refractivity contribution in [3.05, 3.63) is 34.3 Å². The predicted molar refractivity (Wildman–Crippen MR) is 76.4 cm³/mol. The third-order valence-electron chi connectivity index (χ3n) is 2.58. The normalized spacial score (nSPS) is 12.6. The smallest absolute Gasteiger partial charge is 0.0622 e. The van der Waals surface area contributed by atoms with Gasteiger partial charge in [0.1, 0.15) is 0 Å². The van der Waals surface area contributed by atoms with Gasteiger partial charge in [0.2, 0.25) is 0 Å². The molecule has 1 aromatic carbocycles. The van der Waals surface area contributed by atoms with Crippen molar-refractivity contribution in [1.29, 1.82) is 0 Å². The summed E-state index contributed by atoms with van der Waals surface area (Å²) in [5, 5.41) is 3.53. The maximum absolute atomic E-state index is 5.52. The number of benzene rings is 1. The van der Waals surface area contributed by atoms with Gasteiger partial charge in [0.05, 0.1) is 6.61 Å². The molecule has 1 N–H and O–H groups in total. The van der Waals surface area contributed by atoms with E-state index < -0.39 is 0 Å². The molecule has 3 heteroatoms. The minimum atomic E-state index is 0.407. The van der Waals surface area contributed by atoms with Crippen LogP contribution < -0.4 is 5.32 Å². The Hall–Kier alpha value is -0.380. The van der Waals surface area contributed by atoms with Crippen molar-refractivity contribution < 1.29 is 4.74 Å². The molecule has 1 rings (SSSR count). The molecule has 0 spiro atoms. The lowest BCUT2D eigenvalue weighted by Crippen LogP contribution is -2.36. The monoisotopic (exact) mass is 299 g/mol. The highest BCUT2D eigenvalue weighted by Crippen LogP contribution is 2.13. The van der Waals surface area contributed by atoms with Gasteiger partial charge in [0.25, 0.3) is 0 Å². The Balaban J connectivity index is 2.51. The molecule has 1 atom stereocenters. The molecule has 0 radical (unpaired) electrons. The first-order valence-corrected chi connectivity index (χ1v) is 7.11. The molecule has 0 heterocycles. The van der Waals surface area contributed by atoms with E-state index in [1.807, 2.05) is 6.92 Å². The van der Waals surface area contributed by atoms with Crippen molar-refractivity contribution in [3.8, 4) is 0 Å². The van der Waals surface area contributed by atoms with Crippen LogP contribution in [0.5, 0.6) is 0 Å². The third-order valence-corrected chi connectivity index (χ3v) is 3.07. The minimum absolute atomic E-state index is 0.407. The SMILES string of the molecule is CCCNC(COCC)Cc1cccc(Br)c1. The zero-order valence-corrected chi connectivity index (χ0v) is 12.3. The van der Waals surface area contributed by atoms with Crippen molar-refractivity contribution in [1.82, 2.24) is 5.32 Å². The van der Waals surface area contributed by atoms with E-state index in [0.717, 1.165) is 37.1 Å². The van der Waals surface area contributed by atoms with Gasteiger partial charge in [-0.2, -0.15) is 0 Å². The van der Waals surface area contributed by atoms with Crippen LogP contribution in [0.1, 0.15) is 25.8 Å². The van der Waals surface area contributed by atoms with E-state index in [0.29, 0.717) is 6.04 Å². The Labute approximate surface area is 113 Å². The van der Waals surface area contributed by atoms with Crippen LogP contribution in [0, 0.1) is 0 Å². The fourth-order valence-corrected chi connectivity index (χ4v) is 2.19. The highest BCUT2D eigenvalue weighted by molar-refractivity contribution is 9.10. The van der Waals surface area contributed by atoms with Crippen LogP contribution in [0.15, 0.2) is 28.7 Å². The Morgan fingerprint density at radius 1 is 1.35 bits per heavy atom. The molecule has 0 aliphatic rings. The van der Waals surface area contributed by atoms with Gasteiger partial charge in [-0.25, -0.2) is 0 Å². The summed E-state index contributed by atoms with van der Waals surface area (Å²) in [6, 6.07) is 8.88. The third kappa shape index (κ3) is 6.20. The molecule has 0 aromatic heterocycles. The van der Waals surface area contributed by atoms with E-state index in [4.69, 9.17) is 4.74 Å². The molecule has 0 amide bonds. The first-order chi connectivity index (χ1) is 8.26. The molecule has 96 valence electrons. The summed E-state index contributed by atoms with van der Waals surface area (Å²) in [5.41, 5.74) is 1.34. The van der Waals surface area contributed by atoms with Gasteiger partial charge in [0.15, 0.2) is 0 Å². The summed E-state index contributed by atoms with van der Waals surface area (Å²) in [6.07, 6.45) is 2.17. The van der Waals surface area contributed by atoms with Crippen molar-refractivity contribution in [2.75, 3.05) is 19.8 Å². The van der Waals surface area contributed by atoms with Gasteiger partial charge in [-0.05, 0) is 44.0 Å². The van der Waals surface area contributed by atoms with E-state index >= 15 is 0 Å². The topological polar surface area (TPSA) is 21.3 Å². The van der Waals surface area contributed by atoms with E-state index in [9.17, 15) is 0 Å². The largest absolute Gasteiger partial charge is 0.380 e. The number of ether oxygens (including phenoxy) is 1. The molecule has 0 saturated heterocycles. The van der Waals surface area contributed by atoms with Crippen molar-refractivity contribution in [3.63, 3.8) is 0 Å². The molecule has 2 nitrogen and oxygen atoms in total. The zero-order chi connectivity index (χ0) is 12.5. The Morgan fingerprint density at radius 3 is 2.82 bits per heavy atom. The summed E-state index contributed by atoms with van der Waals surface area (Å²) in [4.78, 5) is 0. The first kappa shape index (κ1) is 14.7. The van der Waals surface area contributed by atoms with Crippen LogP contribution in [0.2, 0.25) is 0 Å². The van der Waals surface area contributed by atoms with Gasteiger partial charge in [0, 0.05) is 17.1 Å². The average molecular weight is 300 g/mol. The number of hydrogen-bond donors (Lipinski definition) is 1. The Morgan fingerprint density at radius 2 is 2.18 bits per heavy atom. The van der Waals surface area contributed by atoms with Gasteiger partial charge < -0.3 is 10.1 Å². The van der Waals surface area contributed by atoms with E-state index in [1.54, 1.807) is 0 Å². The van der Waals surface area contributed by atoms with Gasteiger partial charge in [-0.3, -0.25) is 0 Å². The first-order valence-electron chi connectivity index (χ1n) is 6.31. The van der Waals surface area contributed by atoms with E-state index in [1.165, 1.54) is 5.56 Å². The zero-order valence-electron chi connectivity index (χ0n) is 10.7. The van der Waals surface area contributed by atoms with Crippen LogP contribution in [-0.4, -0.2) is 25.8 Å². The van der Waals surface area contributed by atoms with Gasteiger partial charge >= 0.3 is 0 Å². The van der Waals surface area contributed by atoms with Crippen LogP contribution in [0.25, 0.3) is 0 Å². The number of nitrogens with one attached hydrogen (secondary N) is 1. The second-order valence-corrected chi connectivity index (χ2v) is 5.06. The van der Waals surface area contributed by atoms with Gasteiger partial charge in [-0.15, -0.1) is 0 Å². The molecule has 0 bridgehead atoms. The highest BCUT2D eigenvalue weighted by atomic mass is 79.9. The Bertz CT molecular complexity index is 309. The lowest BCUT2D eigenvalue weighted by atomic mass is 10.1. The molecular formula is C14H22BrNO. The fraction of sp³-hybridized carbons (Fsp3) is 0.571. The highest BCUT2D eigenvalue weighted by Gasteiger charge is 2.08. The molecular weight excluding hydrogens is 278 g/mol. The molecule has 0 aliphatic carbocycles. The second kappa shape index (κ2) is 8.67. The maximum Gasteiger partial charge on any atom is 0.0622 e. The van der Waals surface area contributed by atoms with Crippen LogP contribution in [0.4, 0.5) is 0 Å². The quantitative estimate of drug-likeness (QED) is 0.794. The van der Waals surface area contributed by atoms with Crippen LogP contribution in [-0.2, 0) is 11.2 Å². The van der Waals surface area contributed by atoms with Crippen molar-refractivity contribution >= 4 is 15.9 Å². The Kier molecular flexibility index (Phi) is 7.49. The average Bonchev–Trinajstić information content (AvgIpc) is 2.32. The number of halogens is 1. The van der Waals surface area contributed by atoms with Crippen LogP contribution in [0.3, 0.4) is 0 Å². The number of hydrogen-bond acceptors (Lipinski definition) is 2. The lowest BCUT2D eigenvalue weighted by Gasteiger charge is -2.18. The van der Waals surface area contributed by atoms with Crippen LogP contribution >= 0.6 is 15.9 Å². The summed E-state index contributed by atoms with van der Waals surface area (Å²) in [6.45, 7) is 6.83. The summed E-state index contributed by atoms with van der Waals surface area (Å²) >= 11 is 3.51. The molecule has 1 aromatic rings. The summed E-state index contributed by atoms with van der Waals surface area (Å²) in [5.74, 6) is 0. The van der Waals surface area contributed by atoms with Crippen molar-refractivity contribution in [2.45, 2.75) is 32.7 Å².